The van der Waals surface area contributed by atoms with E-state index in [9.17, 15) is 4.79 Å². The zero-order chi connectivity index (χ0) is 20.4. The summed E-state index contributed by atoms with van der Waals surface area (Å²) in [4.78, 5) is 22.2. The third kappa shape index (κ3) is 6.72. The zero-order valence-corrected chi connectivity index (χ0v) is 17.4. The van der Waals surface area contributed by atoms with Gasteiger partial charge in [-0.2, -0.15) is 0 Å². The van der Waals surface area contributed by atoms with Gasteiger partial charge in [0.25, 0.3) is 5.91 Å². The van der Waals surface area contributed by atoms with Gasteiger partial charge in [0.1, 0.15) is 5.82 Å². The fourth-order valence-corrected chi connectivity index (χ4v) is 2.92. The molecule has 0 aliphatic rings. The van der Waals surface area contributed by atoms with Gasteiger partial charge in [-0.05, 0) is 43.9 Å². The molecule has 0 unspecified atom stereocenters. The Morgan fingerprint density at radius 3 is 2.68 bits per heavy atom. The standard InChI is InChI=1S/C21H32N6O/c1-17-23-13-15-27(17)14-6-5-11-24-21(22-2)25-12-10-18-8-7-9-19(16-18)20(28)26(3)4/h7-9,13,15-16H,5-6,10-12,14H2,1-4H3,(H2,22,24,25). The molecule has 1 aromatic heterocycles. The molecule has 7 nitrogen and oxygen atoms in total. The monoisotopic (exact) mass is 384 g/mol. The number of nitrogens with zero attached hydrogens (tertiary/aromatic N) is 4. The fraction of sp³-hybridized carbons (Fsp3) is 0.476. The van der Waals surface area contributed by atoms with E-state index >= 15 is 0 Å². The number of aliphatic imine (C=N–C) groups is 1. The molecular weight excluding hydrogens is 352 g/mol. The Labute approximate surface area is 167 Å². The summed E-state index contributed by atoms with van der Waals surface area (Å²) in [5.74, 6) is 1.89. The minimum Gasteiger partial charge on any atom is -0.356 e. The molecule has 0 atom stereocenters. The maximum atomic E-state index is 12.1. The van der Waals surface area contributed by atoms with Gasteiger partial charge in [0, 0.05) is 58.7 Å². The quantitative estimate of drug-likeness (QED) is 0.394. The van der Waals surface area contributed by atoms with Crippen molar-refractivity contribution >= 4 is 11.9 Å². The molecule has 0 bridgehead atoms. The summed E-state index contributed by atoms with van der Waals surface area (Å²) in [7, 11) is 5.31. The van der Waals surface area contributed by atoms with E-state index < -0.39 is 0 Å². The van der Waals surface area contributed by atoms with E-state index in [4.69, 9.17) is 0 Å². The van der Waals surface area contributed by atoms with Crippen molar-refractivity contribution in [3.05, 3.63) is 53.6 Å². The van der Waals surface area contributed by atoms with Gasteiger partial charge < -0.3 is 20.1 Å². The normalized spacial score (nSPS) is 11.4. The maximum Gasteiger partial charge on any atom is 0.253 e. The summed E-state index contributed by atoms with van der Waals surface area (Å²) in [5.41, 5.74) is 1.85. The first kappa shape index (κ1) is 21.5. The summed E-state index contributed by atoms with van der Waals surface area (Å²) in [6, 6.07) is 7.78. The average Bonchev–Trinajstić information content (AvgIpc) is 3.10. The Morgan fingerprint density at radius 2 is 2.00 bits per heavy atom. The van der Waals surface area contributed by atoms with Crippen molar-refractivity contribution in [3.8, 4) is 0 Å². The number of hydrogen-bond acceptors (Lipinski definition) is 3. The Kier molecular flexibility index (Phi) is 8.52. The summed E-state index contributed by atoms with van der Waals surface area (Å²) < 4.78 is 2.17. The van der Waals surface area contributed by atoms with Crippen molar-refractivity contribution in [2.75, 3.05) is 34.2 Å². The highest BCUT2D eigenvalue weighted by atomic mass is 16.2. The average molecular weight is 385 g/mol. The number of unbranched alkanes of at least 4 members (excludes halogenated alkanes) is 1. The van der Waals surface area contributed by atoms with Crippen LogP contribution in [0.5, 0.6) is 0 Å². The van der Waals surface area contributed by atoms with Gasteiger partial charge >= 0.3 is 0 Å². The molecule has 0 saturated carbocycles. The van der Waals surface area contributed by atoms with Crippen LogP contribution in [-0.2, 0) is 13.0 Å². The molecule has 2 N–H and O–H groups in total. The molecular formula is C21H32N6O. The van der Waals surface area contributed by atoms with Crippen molar-refractivity contribution in [2.24, 2.45) is 4.99 Å². The van der Waals surface area contributed by atoms with Gasteiger partial charge in [0.05, 0.1) is 0 Å². The minimum atomic E-state index is 0.0261. The van der Waals surface area contributed by atoms with Crippen molar-refractivity contribution < 1.29 is 4.79 Å². The molecule has 1 amide bonds. The van der Waals surface area contributed by atoms with Gasteiger partial charge in [0.15, 0.2) is 5.96 Å². The first-order chi connectivity index (χ1) is 13.5. The van der Waals surface area contributed by atoms with Crippen LogP contribution < -0.4 is 10.6 Å². The molecule has 0 spiro atoms. The lowest BCUT2D eigenvalue weighted by molar-refractivity contribution is 0.0827. The second-order valence-electron chi connectivity index (χ2n) is 6.95. The first-order valence-electron chi connectivity index (χ1n) is 9.74. The second kappa shape index (κ2) is 11.1. The number of imidazole rings is 1. The van der Waals surface area contributed by atoms with E-state index in [1.54, 1.807) is 26.0 Å². The molecule has 28 heavy (non-hydrogen) atoms. The zero-order valence-electron chi connectivity index (χ0n) is 17.4. The lowest BCUT2D eigenvalue weighted by atomic mass is 10.1. The molecule has 2 aromatic rings. The van der Waals surface area contributed by atoms with Crippen LogP contribution in [0.25, 0.3) is 0 Å². The molecule has 2 rings (SSSR count). The predicted molar refractivity (Wildman–Crippen MR) is 114 cm³/mol. The van der Waals surface area contributed by atoms with E-state index in [-0.39, 0.29) is 5.91 Å². The van der Waals surface area contributed by atoms with Crippen LogP contribution >= 0.6 is 0 Å². The van der Waals surface area contributed by atoms with Gasteiger partial charge in [-0.15, -0.1) is 0 Å². The third-order valence-electron chi connectivity index (χ3n) is 4.55. The molecule has 0 aliphatic carbocycles. The summed E-state index contributed by atoms with van der Waals surface area (Å²) >= 11 is 0. The minimum absolute atomic E-state index is 0.0261. The van der Waals surface area contributed by atoms with Gasteiger partial charge in [-0.3, -0.25) is 9.79 Å². The SMILES string of the molecule is CN=C(NCCCCn1ccnc1C)NCCc1cccc(C(=O)N(C)C)c1. The predicted octanol–water partition coefficient (Wildman–Crippen LogP) is 2.08. The molecule has 1 aromatic carbocycles. The summed E-state index contributed by atoms with van der Waals surface area (Å²) in [5, 5.41) is 6.68. The topological polar surface area (TPSA) is 74.5 Å². The number of nitrogens with one attached hydrogen (secondary N) is 2. The fourth-order valence-electron chi connectivity index (χ4n) is 2.92. The number of aryl methyl sites for hydroxylation is 2. The number of hydrogen-bond donors (Lipinski definition) is 2. The van der Waals surface area contributed by atoms with Crippen LogP contribution in [0.2, 0.25) is 0 Å². The molecule has 152 valence electrons. The van der Waals surface area contributed by atoms with Crippen LogP contribution in [0.15, 0.2) is 41.7 Å². The lowest BCUT2D eigenvalue weighted by Crippen LogP contribution is -2.38. The number of benzene rings is 1. The third-order valence-corrected chi connectivity index (χ3v) is 4.55. The molecule has 0 saturated heterocycles. The highest BCUT2D eigenvalue weighted by Gasteiger charge is 2.08. The van der Waals surface area contributed by atoms with E-state index in [0.29, 0.717) is 0 Å². The largest absolute Gasteiger partial charge is 0.356 e. The molecule has 7 heteroatoms. The first-order valence-corrected chi connectivity index (χ1v) is 9.74. The molecule has 0 aliphatic heterocycles. The van der Waals surface area contributed by atoms with Gasteiger partial charge in [-0.25, -0.2) is 4.98 Å². The molecule has 1 heterocycles. The van der Waals surface area contributed by atoms with Crippen molar-refractivity contribution in [1.82, 2.24) is 25.1 Å². The highest BCUT2D eigenvalue weighted by Crippen LogP contribution is 2.07. The smallest absolute Gasteiger partial charge is 0.253 e. The Hall–Kier alpha value is -2.83. The number of rotatable bonds is 9. The highest BCUT2D eigenvalue weighted by molar-refractivity contribution is 5.94. The Bertz CT molecular complexity index is 781. The maximum absolute atomic E-state index is 12.1. The van der Waals surface area contributed by atoms with E-state index in [1.807, 2.05) is 43.6 Å². The van der Waals surface area contributed by atoms with Crippen LogP contribution in [0.3, 0.4) is 0 Å². The van der Waals surface area contributed by atoms with Gasteiger partial charge in [0.2, 0.25) is 0 Å². The number of aromatic nitrogens is 2. The second-order valence-corrected chi connectivity index (χ2v) is 6.95. The van der Waals surface area contributed by atoms with Crippen LogP contribution in [-0.4, -0.2) is 60.6 Å². The Balaban J connectivity index is 1.67. The number of carbonyl (C=O) groups excluding carboxylic acids is 1. The van der Waals surface area contributed by atoms with Crippen LogP contribution in [0.4, 0.5) is 0 Å². The van der Waals surface area contributed by atoms with Gasteiger partial charge in [-0.1, -0.05) is 12.1 Å². The summed E-state index contributed by atoms with van der Waals surface area (Å²) in [6.07, 6.45) is 6.84. The van der Waals surface area contributed by atoms with Crippen molar-refractivity contribution in [3.63, 3.8) is 0 Å². The Morgan fingerprint density at radius 1 is 1.21 bits per heavy atom. The van der Waals surface area contributed by atoms with E-state index in [2.05, 4.69) is 25.2 Å². The summed E-state index contributed by atoms with van der Waals surface area (Å²) in [6.45, 7) is 4.64. The number of guanidine groups is 1. The van der Waals surface area contributed by atoms with E-state index in [0.717, 1.165) is 61.8 Å². The molecule has 0 radical (unpaired) electrons. The van der Waals surface area contributed by atoms with E-state index in [1.165, 1.54) is 0 Å². The number of carbonyl (C=O) groups is 1. The van der Waals surface area contributed by atoms with Crippen LogP contribution in [0, 0.1) is 6.92 Å². The lowest BCUT2D eigenvalue weighted by Gasteiger charge is -2.13. The van der Waals surface area contributed by atoms with Crippen LogP contribution in [0.1, 0.15) is 34.6 Å². The molecule has 0 fully saturated rings. The van der Waals surface area contributed by atoms with Crippen molar-refractivity contribution in [1.29, 1.82) is 0 Å². The number of amides is 1. The van der Waals surface area contributed by atoms with Crippen molar-refractivity contribution in [2.45, 2.75) is 32.7 Å².